The van der Waals surface area contributed by atoms with Gasteiger partial charge in [0.15, 0.2) is 0 Å². The van der Waals surface area contributed by atoms with Gasteiger partial charge in [-0.3, -0.25) is 9.59 Å². The summed E-state index contributed by atoms with van der Waals surface area (Å²) < 4.78 is 33.6. The van der Waals surface area contributed by atoms with Crippen molar-refractivity contribution >= 4 is 21.8 Å². The highest BCUT2D eigenvalue weighted by atomic mass is 32.2. The van der Waals surface area contributed by atoms with Gasteiger partial charge in [0.1, 0.15) is 5.75 Å². The molecule has 0 radical (unpaired) electrons. The minimum atomic E-state index is -3.77. The smallest absolute Gasteiger partial charge is 0.251 e. The molecule has 0 bridgehead atoms. The number of amides is 2. The molecule has 0 saturated carbocycles. The predicted molar refractivity (Wildman–Crippen MR) is 135 cm³/mol. The lowest BCUT2D eigenvalue weighted by atomic mass is 9.95. The van der Waals surface area contributed by atoms with Crippen LogP contribution in [-0.2, 0) is 21.2 Å². The Balaban J connectivity index is 1.63. The lowest BCUT2D eigenvalue weighted by Crippen LogP contribution is -2.54. The van der Waals surface area contributed by atoms with Crippen molar-refractivity contribution < 1.29 is 22.7 Å². The molecule has 2 aromatic carbocycles. The van der Waals surface area contributed by atoms with Crippen LogP contribution in [0.25, 0.3) is 0 Å². The number of methoxy groups -OCH3 is 1. The summed E-state index contributed by atoms with van der Waals surface area (Å²) in [6.07, 6.45) is 2.85. The van der Waals surface area contributed by atoms with Crippen LogP contribution in [0.5, 0.6) is 5.75 Å². The summed E-state index contributed by atoms with van der Waals surface area (Å²) in [6, 6.07) is 12.9. The second-order valence-electron chi connectivity index (χ2n) is 8.76. The normalized spacial score (nSPS) is 20.6. The fourth-order valence-corrected chi connectivity index (χ4v) is 6.48. The number of nitrogens with one attached hydrogen (secondary N) is 2. The van der Waals surface area contributed by atoms with E-state index in [2.05, 4.69) is 17.2 Å². The molecule has 3 rings (SSSR count). The van der Waals surface area contributed by atoms with Crippen LogP contribution in [0.3, 0.4) is 0 Å². The third-order valence-corrected chi connectivity index (χ3v) is 8.36. The number of nitrogens with zero attached hydrogens (tertiary/aromatic N) is 1. The van der Waals surface area contributed by atoms with Crippen LogP contribution in [0.1, 0.15) is 42.6 Å². The first-order valence-electron chi connectivity index (χ1n) is 11.6. The van der Waals surface area contributed by atoms with Crippen LogP contribution >= 0.6 is 0 Å². The van der Waals surface area contributed by atoms with E-state index in [1.165, 1.54) is 34.6 Å². The van der Waals surface area contributed by atoms with Gasteiger partial charge < -0.3 is 15.4 Å². The molecule has 9 heteroatoms. The molecule has 2 N–H and O–H groups in total. The fourth-order valence-electron chi connectivity index (χ4n) is 4.64. The van der Waals surface area contributed by atoms with E-state index < -0.39 is 10.0 Å². The van der Waals surface area contributed by atoms with Crippen LogP contribution in [0.4, 0.5) is 0 Å². The van der Waals surface area contributed by atoms with Crippen molar-refractivity contribution in [1.82, 2.24) is 14.9 Å². The van der Waals surface area contributed by atoms with Gasteiger partial charge in [0.25, 0.3) is 5.91 Å². The van der Waals surface area contributed by atoms with Crippen LogP contribution < -0.4 is 15.4 Å². The molecule has 1 saturated heterocycles. The highest BCUT2D eigenvalue weighted by Crippen LogP contribution is 2.30. The number of carbonyl (C=O) groups is 2. The molecule has 8 nitrogen and oxygen atoms in total. The maximum absolute atomic E-state index is 13.4. The lowest BCUT2D eigenvalue weighted by molar-refractivity contribution is -0.117. The number of benzene rings is 2. The van der Waals surface area contributed by atoms with E-state index in [1.54, 1.807) is 7.11 Å². The van der Waals surface area contributed by atoms with Crippen molar-refractivity contribution in [2.75, 3.05) is 13.7 Å². The molecule has 1 heterocycles. The Morgan fingerprint density at radius 3 is 2.31 bits per heavy atom. The van der Waals surface area contributed by atoms with E-state index >= 15 is 0 Å². The summed E-state index contributed by atoms with van der Waals surface area (Å²) in [5.74, 6) is 0.235. The van der Waals surface area contributed by atoms with Crippen molar-refractivity contribution in [2.24, 2.45) is 0 Å². The molecular formula is C26H33N3O5S. The number of carbonyl (C=O) groups excluding carboxylic acids is 2. The average Bonchev–Trinajstić information content (AvgIpc) is 2.83. The Bertz CT molecular complexity index is 1150. The van der Waals surface area contributed by atoms with Gasteiger partial charge in [0.05, 0.1) is 12.0 Å². The first-order valence-corrected chi connectivity index (χ1v) is 13.1. The minimum Gasteiger partial charge on any atom is -0.496 e. The van der Waals surface area contributed by atoms with Crippen LogP contribution in [0, 0.1) is 0 Å². The fraction of sp³-hybridized carbons (Fsp3) is 0.385. The zero-order valence-electron chi connectivity index (χ0n) is 20.4. The van der Waals surface area contributed by atoms with Gasteiger partial charge in [0.2, 0.25) is 15.9 Å². The maximum atomic E-state index is 13.4. The van der Waals surface area contributed by atoms with E-state index in [0.29, 0.717) is 31.4 Å². The number of para-hydroxylation sites is 1. The van der Waals surface area contributed by atoms with Gasteiger partial charge in [-0.2, -0.15) is 4.31 Å². The van der Waals surface area contributed by atoms with Crippen molar-refractivity contribution in [3.63, 3.8) is 0 Å². The van der Waals surface area contributed by atoms with E-state index in [1.807, 2.05) is 38.1 Å². The zero-order chi connectivity index (χ0) is 25.6. The maximum Gasteiger partial charge on any atom is 0.251 e. The van der Waals surface area contributed by atoms with Crippen molar-refractivity contribution in [1.29, 1.82) is 0 Å². The van der Waals surface area contributed by atoms with Gasteiger partial charge in [-0.1, -0.05) is 24.8 Å². The summed E-state index contributed by atoms with van der Waals surface area (Å²) in [5.41, 5.74) is 1.38. The molecule has 0 aliphatic carbocycles. The number of sulfonamides is 1. The number of rotatable bonds is 9. The van der Waals surface area contributed by atoms with E-state index in [0.717, 1.165) is 11.3 Å². The van der Waals surface area contributed by atoms with Gasteiger partial charge >= 0.3 is 0 Å². The first-order chi connectivity index (χ1) is 16.7. The molecule has 0 spiro atoms. The third-order valence-electron chi connectivity index (χ3n) is 6.22. The molecular weight excluding hydrogens is 466 g/mol. The van der Waals surface area contributed by atoms with Crippen LogP contribution in [0.15, 0.2) is 66.1 Å². The number of hydrogen-bond acceptors (Lipinski definition) is 5. The largest absolute Gasteiger partial charge is 0.496 e. The van der Waals surface area contributed by atoms with Crippen LogP contribution in [0.2, 0.25) is 0 Å². The van der Waals surface area contributed by atoms with Crippen LogP contribution in [-0.4, -0.2) is 56.3 Å². The third kappa shape index (κ3) is 6.29. The molecule has 35 heavy (non-hydrogen) atoms. The molecule has 1 fully saturated rings. The average molecular weight is 500 g/mol. The molecule has 1 aliphatic heterocycles. The predicted octanol–water partition coefficient (Wildman–Crippen LogP) is 2.90. The lowest BCUT2D eigenvalue weighted by Gasteiger charge is -2.41. The summed E-state index contributed by atoms with van der Waals surface area (Å²) >= 11 is 0. The van der Waals surface area contributed by atoms with Gasteiger partial charge in [-0.15, -0.1) is 0 Å². The summed E-state index contributed by atoms with van der Waals surface area (Å²) in [7, 11) is -2.16. The topological polar surface area (TPSA) is 105 Å². The Kier molecular flexibility index (Phi) is 8.69. The molecule has 0 aromatic heterocycles. The van der Waals surface area contributed by atoms with Gasteiger partial charge in [0, 0.05) is 30.2 Å². The monoisotopic (exact) mass is 499 g/mol. The van der Waals surface area contributed by atoms with Crippen molar-refractivity contribution in [3.05, 3.63) is 72.3 Å². The Hall–Kier alpha value is -3.17. The first kappa shape index (κ1) is 26.4. The zero-order valence-corrected chi connectivity index (χ0v) is 21.2. The second-order valence-corrected chi connectivity index (χ2v) is 10.6. The highest BCUT2D eigenvalue weighted by molar-refractivity contribution is 7.89. The van der Waals surface area contributed by atoms with Crippen molar-refractivity contribution in [2.45, 2.75) is 56.1 Å². The van der Waals surface area contributed by atoms with E-state index in [9.17, 15) is 18.0 Å². The minimum absolute atomic E-state index is 0.112. The molecule has 188 valence electrons. The standard InChI is InChI=1S/C26H33N3O5S/c1-5-25(30)28-22-16-18(2)29(19(3)17-22)35(32,33)23-12-10-21(11-13-23)26(31)27-15-14-20-8-6-7-9-24(20)34-4/h5-13,18-19,22H,1,14-17H2,2-4H3,(H,27,31)(H,28,30). The Morgan fingerprint density at radius 2 is 1.71 bits per heavy atom. The molecule has 1 aliphatic rings. The molecule has 2 amide bonds. The second kappa shape index (κ2) is 11.5. The summed E-state index contributed by atoms with van der Waals surface area (Å²) in [6.45, 7) is 7.56. The highest BCUT2D eigenvalue weighted by Gasteiger charge is 2.39. The number of hydrogen-bond donors (Lipinski definition) is 2. The SMILES string of the molecule is C=CC(=O)NC1CC(C)N(S(=O)(=O)c2ccc(C(=O)NCCc3ccccc3OC)cc2)C(C)C1. The number of ether oxygens (including phenoxy) is 1. The molecule has 2 atom stereocenters. The molecule has 2 unspecified atom stereocenters. The summed E-state index contributed by atoms with van der Waals surface area (Å²) in [5, 5.41) is 5.73. The van der Waals surface area contributed by atoms with Gasteiger partial charge in [-0.25, -0.2) is 8.42 Å². The Morgan fingerprint density at radius 1 is 1.09 bits per heavy atom. The quantitative estimate of drug-likeness (QED) is 0.516. The summed E-state index contributed by atoms with van der Waals surface area (Å²) in [4.78, 5) is 24.3. The Labute approximate surface area is 207 Å². The van der Waals surface area contributed by atoms with E-state index in [-0.39, 0.29) is 34.8 Å². The van der Waals surface area contributed by atoms with E-state index in [4.69, 9.17) is 4.74 Å². The van der Waals surface area contributed by atoms with Gasteiger partial charge in [-0.05, 0) is 75.1 Å². The number of piperidine rings is 1. The molecule has 2 aromatic rings. The van der Waals surface area contributed by atoms with Crippen molar-refractivity contribution in [3.8, 4) is 5.75 Å².